The number of aromatic nitrogens is 2. The Bertz CT molecular complexity index is 548. The largest absolute Gasteiger partial charge is 0.384 e. The molecule has 2 aromatic rings. The first-order chi connectivity index (χ1) is 7.58. The van der Waals surface area contributed by atoms with Crippen LogP contribution in [0.3, 0.4) is 0 Å². The highest BCUT2D eigenvalue weighted by molar-refractivity contribution is 6.34. The van der Waals surface area contributed by atoms with Gasteiger partial charge in [-0.1, -0.05) is 23.2 Å². The molecular formula is C10H8Cl2N4. The van der Waals surface area contributed by atoms with E-state index in [9.17, 15) is 0 Å². The number of halogens is 2. The molecular weight excluding hydrogens is 247 g/mol. The van der Waals surface area contributed by atoms with Gasteiger partial charge in [0, 0.05) is 11.8 Å². The number of nitrogens with two attached hydrogens (primary N) is 1. The van der Waals surface area contributed by atoms with Gasteiger partial charge in [0.1, 0.15) is 5.84 Å². The molecule has 0 atom stereocenters. The molecule has 0 bridgehead atoms. The topological polar surface area (TPSA) is 67.7 Å². The second-order valence-corrected chi connectivity index (χ2v) is 4.02. The van der Waals surface area contributed by atoms with Crippen LogP contribution in [0.15, 0.2) is 30.6 Å². The van der Waals surface area contributed by atoms with Gasteiger partial charge in [0.25, 0.3) is 0 Å². The first-order valence-electron chi connectivity index (χ1n) is 4.42. The molecule has 2 rings (SSSR count). The number of benzene rings is 1. The van der Waals surface area contributed by atoms with E-state index in [1.165, 1.54) is 6.20 Å². The Hall–Kier alpha value is -1.52. The van der Waals surface area contributed by atoms with Gasteiger partial charge < -0.3 is 5.73 Å². The van der Waals surface area contributed by atoms with E-state index in [2.05, 4.69) is 5.10 Å². The van der Waals surface area contributed by atoms with E-state index in [4.69, 9.17) is 34.3 Å². The number of nitrogens with one attached hydrogen (secondary N) is 1. The maximum atomic E-state index is 7.31. The monoisotopic (exact) mass is 254 g/mol. The van der Waals surface area contributed by atoms with Gasteiger partial charge in [-0.25, -0.2) is 4.68 Å². The third kappa shape index (κ3) is 2.03. The Morgan fingerprint density at radius 3 is 2.62 bits per heavy atom. The smallest absolute Gasteiger partial charge is 0.124 e. The van der Waals surface area contributed by atoms with Crippen molar-refractivity contribution in [3.05, 3.63) is 46.2 Å². The molecule has 16 heavy (non-hydrogen) atoms. The van der Waals surface area contributed by atoms with Crippen molar-refractivity contribution in [1.29, 1.82) is 5.41 Å². The fraction of sp³-hybridized carbons (Fsp3) is 0. The van der Waals surface area contributed by atoms with E-state index < -0.39 is 0 Å². The van der Waals surface area contributed by atoms with Gasteiger partial charge in [-0.2, -0.15) is 5.10 Å². The molecule has 0 aliphatic heterocycles. The lowest BCUT2D eigenvalue weighted by Gasteiger charge is -2.05. The zero-order chi connectivity index (χ0) is 11.7. The molecule has 1 heterocycles. The second kappa shape index (κ2) is 4.15. The van der Waals surface area contributed by atoms with Crippen LogP contribution in [-0.2, 0) is 0 Å². The minimum atomic E-state index is -0.0601. The molecule has 4 nitrogen and oxygen atoms in total. The van der Waals surface area contributed by atoms with Crippen LogP contribution in [0.5, 0.6) is 0 Å². The van der Waals surface area contributed by atoms with Crippen LogP contribution in [0.4, 0.5) is 0 Å². The van der Waals surface area contributed by atoms with Crippen molar-refractivity contribution in [2.24, 2.45) is 5.73 Å². The van der Waals surface area contributed by atoms with E-state index in [1.807, 2.05) is 0 Å². The Morgan fingerprint density at radius 1 is 1.38 bits per heavy atom. The molecule has 82 valence electrons. The SMILES string of the molecule is N=C(N)c1ccc(-n2cc(Cl)cn2)cc1Cl. The van der Waals surface area contributed by atoms with Crippen molar-refractivity contribution >= 4 is 29.0 Å². The third-order valence-electron chi connectivity index (χ3n) is 2.06. The van der Waals surface area contributed by atoms with Gasteiger partial charge >= 0.3 is 0 Å². The van der Waals surface area contributed by atoms with Gasteiger partial charge in [-0.3, -0.25) is 5.41 Å². The number of hydrogen-bond acceptors (Lipinski definition) is 2. The normalized spacial score (nSPS) is 10.4. The fourth-order valence-electron chi connectivity index (χ4n) is 1.31. The summed E-state index contributed by atoms with van der Waals surface area (Å²) in [6.45, 7) is 0. The van der Waals surface area contributed by atoms with Gasteiger partial charge in [0.05, 0.1) is 21.9 Å². The zero-order valence-corrected chi connectivity index (χ0v) is 9.63. The molecule has 1 aromatic carbocycles. The molecule has 0 fully saturated rings. The minimum absolute atomic E-state index is 0.0601. The summed E-state index contributed by atoms with van der Waals surface area (Å²) in [5, 5.41) is 12.3. The zero-order valence-electron chi connectivity index (χ0n) is 8.11. The number of hydrogen-bond donors (Lipinski definition) is 2. The summed E-state index contributed by atoms with van der Waals surface area (Å²) in [5.41, 5.74) is 6.63. The summed E-state index contributed by atoms with van der Waals surface area (Å²) < 4.78 is 1.60. The van der Waals surface area contributed by atoms with Crippen LogP contribution >= 0.6 is 23.2 Å². The number of rotatable bonds is 2. The van der Waals surface area contributed by atoms with Crippen LogP contribution in [-0.4, -0.2) is 15.6 Å². The van der Waals surface area contributed by atoms with Crippen LogP contribution in [0.25, 0.3) is 5.69 Å². The highest BCUT2D eigenvalue weighted by atomic mass is 35.5. The predicted molar refractivity (Wildman–Crippen MR) is 64.6 cm³/mol. The fourth-order valence-corrected chi connectivity index (χ4v) is 1.72. The molecule has 0 amide bonds. The molecule has 0 aliphatic carbocycles. The lowest BCUT2D eigenvalue weighted by molar-refractivity contribution is 0.880. The quantitative estimate of drug-likeness (QED) is 0.639. The number of nitrogen functional groups attached to an aromatic ring is 1. The molecule has 3 N–H and O–H groups in total. The van der Waals surface area contributed by atoms with Gasteiger partial charge in [-0.15, -0.1) is 0 Å². The van der Waals surface area contributed by atoms with Crippen molar-refractivity contribution in [3.63, 3.8) is 0 Å². The van der Waals surface area contributed by atoms with Gasteiger partial charge in [-0.05, 0) is 18.2 Å². The summed E-state index contributed by atoms with van der Waals surface area (Å²) in [5.74, 6) is -0.0601. The van der Waals surface area contributed by atoms with E-state index in [-0.39, 0.29) is 5.84 Å². The average Bonchev–Trinajstić information content (AvgIpc) is 2.64. The third-order valence-corrected chi connectivity index (χ3v) is 2.57. The molecule has 0 saturated heterocycles. The van der Waals surface area contributed by atoms with Crippen molar-refractivity contribution in [1.82, 2.24) is 9.78 Å². The summed E-state index contributed by atoms with van der Waals surface area (Å²) in [6.07, 6.45) is 3.20. The molecule has 0 spiro atoms. The maximum Gasteiger partial charge on any atom is 0.124 e. The predicted octanol–water partition coefficient (Wildman–Crippen LogP) is 2.46. The maximum absolute atomic E-state index is 7.31. The summed E-state index contributed by atoms with van der Waals surface area (Å²) in [6, 6.07) is 5.13. The first kappa shape index (κ1) is 11.0. The van der Waals surface area contributed by atoms with E-state index in [0.29, 0.717) is 15.6 Å². The molecule has 0 unspecified atom stereocenters. The molecule has 1 aromatic heterocycles. The molecule has 0 aliphatic rings. The Labute approximate surface area is 102 Å². The van der Waals surface area contributed by atoms with Crippen molar-refractivity contribution < 1.29 is 0 Å². The number of nitrogens with zero attached hydrogens (tertiary/aromatic N) is 2. The highest BCUT2D eigenvalue weighted by Gasteiger charge is 2.06. The highest BCUT2D eigenvalue weighted by Crippen LogP contribution is 2.20. The standard InChI is InChI=1S/C10H8Cl2N4/c11-6-4-15-16(5-6)7-1-2-8(10(13)14)9(12)3-7/h1-5H,(H3,13,14). The Kier molecular flexibility index (Phi) is 2.85. The lowest BCUT2D eigenvalue weighted by atomic mass is 10.2. The summed E-state index contributed by atoms with van der Waals surface area (Å²) in [7, 11) is 0. The summed E-state index contributed by atoms with van der Waals surface area (Å²) >= 11 is 11.7. The van der Waals surface area contributed by atoms with Crippen LogP contribution < -0.4 is 5.73 Å². The van der Waals surface area contributed by atoms with Crippen molar-refractivity contribution in [3.8, 4) is 5.69 Å². The van der Waals surface area contributed by atoms with Gasteiger partial charge in [0.15, 0.2) is 0 Å². The number of amidine groups is 1. The average molecular weight is 255 g/mol. The van der Waals surface area contributed by atoms with Crippen LogP contribution in [0.1, 0.15) is 5.56 Å². The van der Waals surface area contributed by atoms with Crippen LogP contribution in [0.2, 0.25) is 10.0 Å². The van der Waals surface area contributed by atoms with Crippen molar-refractivity contribution in [2.75, 3.05) is 0 Å². The second-order valence-electron chi connectivity index (χ2n) is 3.18. The van der Waals surface area contributed by atoms with Gasteiger partial charge in [0.2, 0.25) is 0 Å². The Balaban J connectivity index is 2.45. The summed E-state index contributed by atoms with van der Waals surface area (Å²) in [4.78, 5) is 0. The Morgan fingerprint density at radius 2 is 2.12 bits per heavy atom. The molecule has 6 heteroatoms. The van der Waals surface area contributed by atoms with Crippen molar-refractivity contribution in [2.45, 2.75) is 0 Å². The van der Waals surface area contributed by atoms with E-state index >= 15 is 0 Å². The van der Waals surface area contributed by atoms with Crippen LogP contribution in [0, 0.1) is 5.41 Å². The van der Waals surface area contributed by atoms with E-state index in [1.54, 1.807) is 29.1 Å². The lowest BCUT2D eigenvalue weighted by Crippen LogP contribution is -2.11. The molecule has 0 saturated carbocycles. The first-order valence-corrected chi connectivity index (χ1v) is 5.18. The van der Waals surface area contributed by atoms with E-state index in [0.717, 1.165) is 5.69 Å². The molecule has 0 radical (unpaired) electrons. The minimum Gasteiger partial charge on any atom is -0.384 e.